The number of carbonyl (C=O) groups excluding carboxylic acids is 2. The Balaban J connectivity index is 1.64. The number of hydrogen-bond acceptors (Lipinski definition) is 3. The van der Waals surface area contributed by atoms with Gasteiger partial charge < -0.3 is 10.3 Å². The first-order valence-corrected chi connectivity index (χ1v) is 8.49. The molecule has 3 aromatic rings. The predicted octanol–water partition coefficient (Wildman–Crippen LogP) is 3.01. The van der Waals surface area contributed by atoms with Crippen LogP contribution in [0.4, 0.5) is 0 Å². The zero-order valence-electron chi connectivity index (χ0n) is 15.2. The van der Waals surface area contributed by atoms with Crippen molar-refractivity contribution in [1.82, 2.24) is 20.1 Å². The van der Waals surface area contributed by atoms with Crippen molar-refractivity contribution < 1.29 is 9.59 Å². The number of nitrogens with zero attached hydrogens (tertiary/aromatic N) is 2. The average Bonchev–Trinajstić information content (AvgIpc) is 3.17. The molecule has 2 N–H and O–H groups in total. The highest BCUT2D eigenvalue weighted by Gasteiger charge is 2.19. The molecule has 0 aliphatic heterocycles. The van der Waals surface area contributed by atoms with E-state index in [9.17, 15) is 9.59 Å². The topological polar surface area (TPSA) is 79.8 Å². The third kappa shape index (κ3) is 3.74. The van der Waals surface area contributed by atoms with Gasteiger partial charge in [0, 0.05) is 29.6 Å². The molecule has 1 amide bonds. The highest BCUT2D eigenvalue weighted by Crippen LogP contribution is 2.18. The minimum atomic E-state index is -0.228. The molecule has 0 saturated carbocycles. The van der Waals surface area contributed by atoms with Crippen molar-refractivity contribution in [3.8, 4) is 0 Å². The Hall–Kier alpha value is -3.15. The number of benzene rings is 1. The summed E-state index contributed by atoms with van der Waals surface area (Å²) >= 11 is 0. The van der Waals surface area contributed by atoms with Gasteiger partial charge in [-0.3, -0.25) is 14.3 Å². The first-order valence-electron chi connectivity index (χ1n) is 8.49. The SMILES string of the molecule is CC(=O)c1c(C)[nH]c(C(=O)NCc2cnn(Cc3ccccc3)c2)c1C. The molecule has 0 saturated heterocycles. The average molecular weight is 350 g/mol. The summed E-state index contributed by atoms with van der Waals surface area (Å²) in [4.78, 5) is 27.2. The number of rotatable bonds is 6. The van der Waals surface area contributed by atoms with Gasteiger partial charge in [-0.15, -0.1) is 0 Å². The monoisotopic (exact) mass is 350 g/mol. The second-order valence-corrected chi connectivity index (χ2v) is 6.40. The standard InChI is InChI=1S/C20H22N4O2/c1-13-18(15(3)25)14(2)23-19(13)20(26)21-9-17-10-22-24(12-17)11-16-7-5-4-6-8-16/h4-8,10,12,23H,9,11H2,1-3H3,(H,21,26). The van der Waals surface area contributed by atoms with Crippen LogP contribution in [0.5, 0.6) is 0 Å². The van der Waals surface area contributed by atoms with Crippen LogP contribution in [-0.2, 0) is 13.1 Å². The van der Waals surface area contributed by atoms with Crippen molar-refractivity contribution >= 4 is 11.7 Å². The van der Waals surface area contributed by atoms with E-state index in [1.165, 1.54) is 12.5 Å². The zero-order valence-corrected chi connectivity index (χ0v) is 15.2. The lowest BCUT2D eigenvalue weighted by molar-refractivity contribution is 0.0945. The molecular formula is C20H22N4O2. The maximum Gasteiger partial charge on any atom is 0.268 e. The van der Waals surface area contributed by atoms with Crippen LogP contribution in [-0.4, -0.2) is 26.5 Å². The molecule has 3 rings (SSSR count). The van der Waals surface area contributed by atoms with Crippen LogP contribution in [0.25, 0.3) is 0 Å². The van der Waals surface area contributed by atoms with Gasteiger partial charge in [0.1, 0.15) is 5.69 Å². The van der Waals surface area contributed by atoms with Gasteiger partial charge in [0.25, 0.3) is 5.91 Å². The van der Waals surface area contributed by atoms with Gasteiger partial charge in [0.15, 0.2) is 5.78 Å². The van der Waals surface area contributed by atoms with E-state index in [2.05, 4.69) is 15.4 Å². The van der Waals surface area contributed by atoms with E-state index in [1.807, 2.05) is 41.2 Å². The van der Waals surface area contributed by atoms with Gasteiger partial charge in [-0.1, -0.05) is 30.3 Å². The minimum Gasteiger partial charge on any atom is -0.354 e. The maximum absolute atomic E-state index is 12.4. The van der Waals surface area contributed by atoms with Gasteiger partial charge in [-0.05, 0) is 31.9 Å². The third-order valence-corrected chi connectivity index (χ3v) is 4.34. The summed E-state index contributed by atoms with van der Waals surface area (Å²) in [7, 11) is 0. The Bertz CT molecular complexity index is 938. The van der Waals surface area contributed by atoms with Crippen LogP contribution < -0.4 is 5.32 Å². The van der Waals surface area contributed by atoms with E-state index in [0.717, 1.165) is 11.3 Å². The number of aryl methyl sites for hydroxylation is 1. The molecule has 2 aromatic heterocycles. The van der Waals surface area contributed by atoms with E-state index < -0.39 is 0 Å². The Labute approximate surface area is 152 Å². The van der Waals surface area contributed by atoms with Gasteiger partial charge in [0.05, 0.1) is 12.7 Å². The zero-order chi connectivity index (χ0) is 18.7. The quantitative estimate of drug-likeness (QED) is 0.671. The van der Waals surface area contributed by atoms with Crippen LogP contribution in [0, 0.1) is 13.8 Å². The Morgan fingerprint density at radius 1 is 1.15 bits per heavy atom. The van der Waals surface area contributed by atoms with E-state index in [-0.39, 0.29) is 11.7 Å². The van der Waals surface area contributed by atoms with Crippen LogP contribution >= 0.6 is 0 Å². The molecule has 0 radical (unpaired) electrons. The number of aromatic amines is 1. The van der Waals surface area contributed by atoms with Crippen molar-refractivity contribution in [2.45, 2.75) is 33.9 Å². The van der Waals surface area contributed by atoms with Gasteiger partial charge in [-0.2, -0.15) is 5.10 Å². The summed E-state index contributed by atoms with van der Waals surface area (Å²) in [5, 5.41) is 7.21. The van der Waals surface area contributed by atoms with Crippen molar-refractivity contribution in [2.75, 3.05) is 0 Å². The van der Waals surface area contributed by atoms with Crippen LogP contribution in [0.3, 0.4) is 0 Å². The minimum absolute atomic E-state index is 0.0440. The Kier molecular flexibility index (Phi) is 5.02. The van der Waals surface area contributed by atoms with Gasteiger partial charge in [-0.25, -0.2) is 0 Å². The molecule has 0 atom stereocenters. The molecule has 26 heavy (non-hydrogen) atoms. The molecule has 6 heteroatoms. The van der Waals surface area contributed by atoms with E-state index in [1.54, 1.807) is 20.0 Å². The fraction of sp³-hybridized carbons (Fsp3) is 0.250. The summed E-state index contributed by atoms with van der Waals surface area (Å²) < 4.78 is 1.84. The van der Waals surface area contributed by atoms with Crippen LogP contribution in [0.2, 0.25) is 0 Å². The smallest absolute Gasteiger partial charge is 0.268 e. The fourth-order valence-electron chi connectivity index (χ4n) is 3.13. The second kappa shape index (κ2) is 7.39. The molecule has 0 aliphatic carbocycles. The summed E-state index contributed by atoms with van der Waals surface area (Å²) in [5.74, 6) is -0.272. The number of nitrogens with one attached hydrogen (secondary N) is 2. The first kappa shape index (κ1) is 17.7. The van der Waals surface area contributed by atoms with Crippen molar-refractivity contribution in [3.63, 3.8) is 0 Å². The van der Waals surface area contributed by atoms with E-state index in [0.29, 0.717) is 29.9 Å². The highest BCUT2D eigenvalue weighted by atomic mass is 16.2. The predicted molar refractivity (Wildman–Crippen MR) is 99.2 cm³/mol. The maximum atomic E-state index is 12.4. The lowest BCUT2D eigenvalue weighted by Crippen LogP contribution is -2.23. The number of amides is 1. The van der Waals surface area contributed by atoms with Gasteiger partial charge >= 0.3 is 0 Å². The number of hydrogen-bond donors (Lipinski definition) is 2. The lowest BCUT2D eigenvalue weighted by atomic mass is 10.1. The lowest BCUT2D eigenvalue weighted by Gasteiger charge is -2.04. The van der Waals surface area contributed by atoms with Crippen LogP contribution in [0.15, 0.2) is 42.7 Å². The van der Waals surface area contributed by atoms with Gasteiger partial charge in [0.2, 0.25) is 0 Å². The summed E-state index contributed by atoms with van der Waals surface area (Å²) in [6.07, 6.45) is 3.66. The highest BCUT2D eigenvalue weighted by molar-refractivity contribution is 6.02. The summed E-state index contributed by atoms with van der Waals surface area (Å²) in [6, 6.07) is 10.1. The molecule has 134 valence electrons. The Morgan fingerprint density at radius 2 is 1.88 bits per heavy atom. The molecule has 0 fully saturated rings. The van der Waals surface area contributed by atoms with Crippen molar-refractivity contribution in [3.05, 3.63) is 76.4 Å². The van der Waals surface area contributed by atoms with E-state index in [4.69, 9.17) is 0 Å². The number of H-pyrrole nitrogens is 1. The molecule has 0 bridgehead atoms. The summed E-state index contributed by atoms with van der Waals surface area (Å²) in [5.41, 5.74) is 4.51. The molecule has 2 heterocycles. The third-order valence-electron chi connectivity index (χ3n) is 4.34. The Morgan fingerprint density at radius 3 is 2.54 bits per heavy atom. The molecular weight excluding hydrogens is 328 g/mol. The molecule has 0 spiro atoms. The summed E-state index contributed by atoms with van der Waals surface area (Å²) in [6.45, 7) is 6.15. The molecule has 0 aliphatic rings. The largest absolute Gasteiger partial charge is 0.354 e. The van der Waals surface area contributed by atoms with Crippen molar-refractivity contribution in [2.24, 2.45) is 0 Å². The van der Waals surface area contributed by atoms with Crippen LogP contribution in [0.1, 0.15) is 50.2 Å². The number of aromatic nitrogens is 3. The number of Topliss-reactive ketones (excluding diaryl/α,β-unsaturated/α-hetero) is 1. The molecule has 6 nitrogen and oxygen atoms in total. The normalized spacial score (nSPS) is 10.7. The molecule has 0 unspecified atom stereocenters. The van der Waals surface area contributed by atoms with E-state index >= 15 is 0 Å². The number of ketones is 1. The first-order chi connectivity index (χ1) is 12.5. The fourth-order valence-corrected chi connectivity index (χ4v) is 3.13. The molecule has 1 aromatic carbocycles. The number of carbonyl (C=O) groups is 2. The second-order valence-electron chi connectivity index (χ2n) is 6.40. The van der Waals surface area contributed by atoms with Crippen molar-refractivity contribution in [1.29, 1.82) is 0 Å².